The Balaban J connectivity index is 0.00000242. The molecule has 2 aliphatic heterocycles. The average molecular weight is 354 g/mol. The van der Waals surface area contributed by atoms with Crippen molar-refractivity contribution in [2.45, 2.75) is 44.6 Å². The Kier molecular flexibility index (Phi) is 7.11. The Morgan fingerprint density at radius 3 is 2.68 bits per heavy atom. The number of rotatable bonds is 5. The van der Waals surface area contributed by atoms with Crippen molar-refractivity contribution in [2.24, 2.45) is 5.92 Å². The fourth-order valence-electron chi connectivity index (χ4n) is 3.43. The van der Waals surface area contributed by atoms with Gasteiger partial charge in [-0.25, -0.2) is 13.1 Å². The van der Waals surface area contributed by atoms with E-state index in [4.69, 9.17) is 0 Å². The van der Waals surface area contributed by atoms with Crippen molar-refractivity contribution in [3.05, 3.63) is 0 Å². The predicted octanol–water partition coefficient (Wildman–Crippen LogP) is 0.728. The fourth-order valence-corrected chi connectivity index (χ4v) is 3.97. The molecular weight excluding hydrogens is 326 g/mol. The van der Waals surface area contributed by atoms with Crippen molar-refractivity contribution >= 4 is 28.3 Å². The van der Waals surface area contributed by atoms with Crippen LogP contribution in [0, 0.1) is 5.92 Å². The number of carbonyl (C=O) groups is 1. The van der Waals surface area contributed by atoms with E-state index in [1.807, 2.05) is 4.90 Å². The number of hydrogen-bond donors (Lipinski definition) is 2. The number of halogens is 1. The number of hydrogen-bond acceptors (Lipinski definition) is 4. The van der Waals surface area contributed by atoms with Gasteiger partial charge in [0, 0.05) is 19.6 Å². The lowest BCUT2D eigenvalue weighted by Gasteiger charge is -2.38. The molecule has 2 aliphatic rings. The van der Waals surface area contributed by atoms with Crippen molar-refractivity contribution in [2.75, 3.05) is 32.4 Å². The molecule has 2 N–H and O–H groups in total. The molecule has 6 nitrogen and oxygen atoms in total. The van der Waals surface area contributed by atoms with Gasteiger partial charge in [-0.05, 0) is 44.6 Å². The van der Waals surface area contributed by atoms with Gasteiger partial charge in [-0.15, -0.1) is 12.4 Å². The summed E-state index contributed by atoms with van der Waals surface area (Å²) in [4.78, 5) is 14.8. The number of carbonyl (C=O) groups excluding carboxylic acids is 1. The highest BCUT2D eigenvalue weighted by Crippen LogP contribution is 2.28. The molecule has 0 aromatic rings. The van der Waals surface area contributed by atoms with Gasteiger partial charge >= 0.3 is 0 Å². The molecule has 2 heterocycles. The number of sulfonamides is 1. The number of piperidine rings is 1. The third-order valence-corrected chi connectivity index (χ3v) is 5.39. The summed E-state index contributed by atoms with van der Waals surface area (Å²) in [6, 6.07) is 0. The Labute approximate surface area is 139 Å². The summed E-state index contributed by atoms with van der Waals surface area (Å²) in [7, 11) is -3.16. The molecule has 8 heteroatoms. The van der Waals surface area contributed by atoms with E-state index in [0.29, 0.717) is 13.1 Å². The van der Waals surface area contributed by atoms with Crippen LogP contribution in [0.4, 0.5) is 0 Å². The zero-order chi connectivity index (χ0) is 15.5. The molecule has 0 bridgehead atoms. The summed E-state index contributed by atoms with van der Waals surface area (Å²) in [5.74, 6) is 0.416. The highest BCUT2D eigenvalue weighted by molar-refractivity contribution is 7.88. The van der Waals surface area contributed by atoms with Crippen LogP contribution in [-0.4, -0.2) is 57.2 Å². The van der Waals surface area contributed by atoms with E-state index in [1.54, 1.807) is 0 Å². The Hall–Kier alpha value is -0.370. The van der Waals surface area contributed by atoms with Gasteiger partial charge in [0.1, 0.15) is 0 Å². The largest absolute Gasteiger partial charge is 0.341 e. The van der Waals surface area contributed by atoms with Gasteiger partial charge in [-0.3, -0.25) is 4.79 Å². The van der Waals surface area contributed by atoms with Gasteiger partial charge in [-0.1, -0.05) is 6.92 Å². The maximum absolute atomic E-state index is 12.8. The maximum Gasteiger partial charge on any atom is 0.242 e. The van der Waals surface area contributed by atoms with Crippen LogP contribution in [0.3, 0.4) is 0 Å². The van der Waals surface area contributed by atoms with Crippen molar-refractivity contribution in [3.8, 4) is 0 Å². The van der Waals surface area contributed by atoms with Crippen molar-refractivity contribution in [3.63, 3.8) is 0 Å². The van der Waals surface area contributed by atoms with E-state index >= 15 is 0 Å². The quantitative estimate of drug-likeness (QED) is 0.763. The molecule has 2 unspecified atom stereocenters. The molecule has 0 aromatic heterocycles. The lowest BCUT2D eigenvalue weighted by molar-refractivity contribution is -0.139. The van der Waals surface area contributed by atoms with Crippen LogP contribution in [0.15, 0.2) is 0 Å². The molecule has 0 aliphatic carbocycles. The highest BCUT2D eigenvalue weighted by atomic mass is 35.5. The first-order valence-electron chi connectivity index (χ1n) is 7.85. The zero-order valence-corrected chi connectivity index (χ0v) is 15.1. The predicted molar refractivity (Wildman–Crippen MR) is 89.7 cm³/mol. The van der Waals surface area contributed by atoms with Crippen LogP contribution in [0.5, 0.6) is 0 Å². The summed E-state index contributed by atoms with van der Waals surface area (Å²) in [5.41, 5.74) is -0.383. The van der Waals surface area contributed by atoms with Gasteiger partial charge in [0.15, 0.2) is 0 Å². The smallest absolute Gasteiger partial charge is 0.242 e. The summed E-state index contributed by atoms with van der Waals surface area (Å²) >= 11 is 0. The molecule has 2 atom stereocenters. The molecular formula is C14H28ClN3O3S. The van der Waals surface area contributed by atoms with E-state index in [2.05, 4.69) is 17.0 Å². The first-order valence-corrected chi connectivity index (χ1v) is 9.74. The normalized spacial score (nSPS) is 29.2. The molecule has 0 saturated carbocycles. The second-order valence-corrected chi connectivity index (χ2v) is 8.18. The van der Waals surface area contributed by atoms with E-state index in [-0.39, 0.29) is 29.8 Å². The molecule has 2 fully saturated rings. The third-order valence-electron chi connectivity index (χ3n) is 4.70. The monoisotopic (exact) mass is 353 g/mol. The molecule has 0 aromatic carbocycles. The lowest BCUT2D eigenvalue weighted by atomic mass is 9.90. The van der Waals surface area contributed by atoms with Crippen LogP contribution in [-0.2, 0) is 14.8 Å². The Bertz CT molecular complexity index is 478. The van der Waals surface area contributed by atoms with Gasteiger partial charge in [-0.2, -0.15) is 0 Å². The Morgan fingerprint density at radius 2 is 2.14 bits per heavy atom. The molecule has 2 rings (SSSR count). The Morgan fingerprint density at radius 1 is 1.41 bits per heavy atom. The number of nitrogens with zero attached hydrogens (tertiary/aromatic N) is 1. The molecule has 22 heavy (non-hydrogen) atoms. The second-order valence-electron chi connectivity index (χ2n) is 6.35. The van der Waals surface area contributed by atoms with Crippen LogP contribution < -0.4 is 10.0 Å². The highest BCUT2D eigenvalue weighted by Gasteiger charge is 2.42. The number of likely N-dealkylation sites (tertiary alicyclic amines) is 1. The molecule has 0 spiro atoms. The SMILES string of the molecule is CCC1(C(=O)N2CCCC(CNS(C)(=O)=O)C2)CCCN1.Cl. The number of nitrogens with one attached hydrogen (secondary N) is 2. The van der Waals surface area contributed by atoms with E-state index in [0.717, 1.165) is 45.2 Å². The maximum atomic E-state index is 12.8. The molecule has 1 amide bonds. The summed E-state index contributed by atoms with van der Waals surface area (Å²) in [6.45, 7) is 4.84. The minimum atomic E-state index is -3.16. The van der Waals surface area contributed by atoms with Crippen LogP contribution in [0.1, 0.15) is 39.0 Å². The molecule has 130 valence electrons. The van der Waals surface area contributed by atoms with Gasteiger partial charge in [0.2, 0.25) is 15.9 Å². The standard InChI is InChI=1S/C14H27N3O3S.ClH/c1-3-14(7-5-8-15-14)13(18)17-9-4-6-12(11-17)10-16-21(2,19)20;/h12,15-16H,3-11H2,1-2H3;1H. The van der Waals surface area contributed by atoms with Crippen molar-refractivity contribution in [1.82, 2.24) is 14.9 Å². The second kappa shape index (κ2) is 7.95. The first kappa shape index (κ1) is 19.7. The van der Waals surface area contributed by atoms with Crippen LogP contribution in [0.2, 0.25) is 0 Å². The van der Waals surface area contributed by atoms with E-state index in [9.17, 15) is 13.2 Å². The van der Waals surface area contributed by atoms with Crippen molar-refractivity contribution < 1.29 is 13.2 Å². The van der Waals surface area contributed by atoms with Gasteiger partial charge in [0.05, 0.1) is 11.8 Å². The van der Waals surface area contributed by atoms with Crippen LogP contribution >= 0.6 is 12.4 Å². The zero-order valence-electron chi connectivity index (χ0n) is 13.4. The van der Waals surface area contributed by atoms with Crippen molar-refractivity contribution in [1.29, 1.82) is 0 Å². The third kappa shape index (κ3) is 4.81. The minimum Gasteiger partial charge on any atom is -0.341 e. The van der Waals surface area contributed by atoms with E-state index in [1.165, 1.54) is 6.26 Å². The summed E-state index contributed by atoms with van der Waals surface area (Å²) < 4.78 is 25.0. The van der Waals surface area contributed by atoms with Gasteiger partial charge in [0.25, 0.3) is 0 Å². The molecule has 2 saturated heterocycles. The summed E-state index contributed by atoms with van der Waals surface area (Å²) in [5, 5.41) is 3.39. The topological polar surface area (TPSA) is 78.5 Å². The van der Waals surface area contributed by atoms with Gasteiger partial charge < -0.3 is 10.2 Å². The summed E-state index contributed by atoms with van der Waals surface area (Å²) in [6.07, 6.45) is 5.86. The van der Waals surface area contributed by atoms with Crippen LogP contribution in [0.25, 0.3) is 0 Å². The lowest BCUT2D eigenvalue weighted by Crippen LogP contribution is -2.57. The molecule has 0 radical (unpaired) electrons. The average Bonchev–Trinajstić information content (AvgIpc) is 2.94. The minimum absolute atomic E-state index is 0. The first-order chi connectivity index (χ1) is 9.86. The fraction of sp³-hybridized carbons (Fsp3) is 0.929. The number of amides is 1. The van der Waals surface area contributed by atoms with E-state index < -0.39 is 10.0 Å².